The van der Waals surface area contributed by atoms with E-state index in [1.165, 1.54) is 0 Å². The number of Topliss-reactive ketones (excluding diaryl/α,β-unsaturated/α-hetero) is 1. The number of carbonyl (C=O) groups excluding carboxylic acids is 1. The zero-order chi connectivity index (χ0) is 18.8. The minimum absolute atomic E-state index is 0. The third-order valence-electron chi connectivity index (χ3n) is 5.41. The van der Waals surface area contributed by atoms with Crippen molar-refractivity contribution in [2.75, 3.05) is 0 Å². The number of benzene rings is 2. The Morgan fingerprint density at radius 2 is 1.75 bits per heavy atom. The van der Waals surface area contributed by atoms with Crippen LogP contribution in [0.5, 0.6) is 0 Å². The van der Waals surface area contributed by atoms with Crippen LogP contribution in [0, 0.1) is 5.41 Å². The maximum atomic E-state index is 13.1. The molecule has 5 heteroatoms. The molecule has 2 heterocycles. The van der Waals surface area contributed by atoms with E-state index in [1.807, 2.05) is 42.5 Å². The van der Waals surface area contributed by atoms with E-state index in [0.717, 1.165) is 50.7 Å². The van der Waals surface area contributed by atoms with Crippen molar-refractivity contribution < 1.29 is 4.79 Å². The van der Waals surface area contributed by atoms with Gasteiger partial charge in [-0.1, -0.05) is 55.8 Å². The smallest absolute Gasteiger partial charge is 0.165 e. The number of para-hydroxylation sites is 1. The molecule has 142 valence electrons. The van der Waals surface area contributed by atoms with E-state index in [9.17, 15) is 4.79 Å². The van der Waals surface area contributed by atoms with Gasteiger partial charge in [-0.3, -0.25) is 4.79 Å². The molecule has 2 aromatic carbocycles. The lowest BCUT2D eigenvalue weighted by Gasteiger charge is -2.30. The Labute approximate surface area is 174 Å². The van der Waals surface area contributed by atoms with Crippen LogP contribution in [0.4, 0.5) is 0 Å². The molecular weight excluding hydrogens is 391 g/mol. The molecule has 0 aliphatic heterocycles. The molecule has 0 radical (unpaired) electrons. The Bertz CT molecular complexity index is 1220. The van der Waals surface area contributed by atoms with Crippen LogP contribution >= 0.6 is 24.0 Å². The van der Waals surface area contributed by atoms with E-state index in [-0.39, 0.29) is 23.6 Å². The Kier molecular flexibility index (Phi) is 4.48. The number of hydrogen-bond acceptors (Lipinski definition) is 2. The highest BCUT2D eigenvalue weighted by molar-refractivity contribution is 6.30. The first-order valence-corrected chi connectivity index (χ1v) is 9.53. The van der Waals surface area contributed by atoms with Gasteiger partial charge in [0, 0.05) is 38.9 Å². The number of fused-ring (bicyclic) bond motifs is 5. The second kappa shape index (κ2) is 6.61. The minimum atomic E-state index is -0.0753. The highest BCUT2D eigenvalue weighted by Crippen LogP contribution is 2.42. The summed E-state index contributed by atoms with van der Waals surface area (Å²) in [7, 11) is 0. The standard InChI is InChI=1S/C23H19ClN2O.ClH/c1-23(2)11-17-20(18(27)12-23)19-15-5-3-4-6-16(15)25-22(19)21(26-17)13-7-9-14(24)10-8-13;/h3-10,25H,11-12H2,1-2H3;1H. The Morgan fingerprint density at radius 1 is 1.04 bits per heavy atom. The zero-order valence-electron chi connectivity index (χ0n) is 15.7. The SMILES string of the molecule is CC1(C)CC(=O)c2c(nc(-c3ccc(Cl)cc3)c3[nH]c4ccccc4c23)C1.Cl. The van der Waals surface area contributed by atoms with E-state index in [0.29, 0.717) is 11.4 Å². The Morgan fingerprint density at radius 3 is 2.50 bits per heavy atom. The van der Waals surface area contributed by atoms with Gasteiger partial charge in [0.1, 0.15) is 0 Å². The normalized spacial score (nSPS) is 15.5. The third kappa shape index (κ3) is 2.90. The molecule has 0 saturated heterocycles. The molecule has 0 fully saturated rings. The van der Waals surface area contributed by atoms with Gasteiger partial charge in [0.2, 0.25) is 0 Å². The second-order valence-electron chi connectivity index (χ2n) is 8.15. The van der Waals surface area contributed by atoms with Crippen LogP contribution in [0.2, 0.25) is 5.02 Å². The summed E-state index contributed by atoms with van der Waals surface area (Å²) in [6.45, 7) is 4.27. The van der Waals surface area contributed by atoms with Crippen LogP contribution in [0.3, 0.4) is 0 Å². The summed E-state index contributed by atoms with van der Waals surface area (Å²) in [6.07, 6.45) is 1.35. The molecule has 2 aromatic heterocycles. The number of nitrogens with one attached hydrogen (secondary N) is 1. The number of carbonyl (C=O) groups is 1. The summed E-state index contributed by atoms with van der Waals surface area (Å²) in [5, 5.41) is 2.77. The number of rotatable bonds is 1. The number of ketones is 1. The molecule has 28 heavy (non-hydrogen) atoms. The van der Waals surface area contributed by atoms with Crippen molar-refractivity contribution in [2.24, 2.45) is 5.41 Å². The highest BCUT2D eigenvalue weighted by atomic mass is 35.5. The molecule has 1 N–H and O–H groups in total. The summed E-state index contributed by atoms with van der Waals surface area (Å²) in [5.74, 6) is 0.186. The number of pyridine rings is 1. The summed E-state index contributed by atoms with van der Waals surface area (Å²) in [4.78, 5) is 21.6. The van der Waals surface area contributed by atoms with Crippen LogP contribution in [0.1, 0.15) is 36.3 Å². The van der Waals surface area contributed by atoms with Gasteiger partial charge in [0.25, 0.3) is 0 Å². The molecule has 0 atom stereocenters. The zero-order valence-corrected chi connectivity index (χ0v) is 17.2. The fourth-order valence-corrected chi connectivity index (χ4v) is 4.38. The van der Waals surface area contributed by atoms with Crippen molar-refractivity contribution in [1.82, 2.24) is 9.97 Å². The van der Waals surface area contributed by atoms with Crippen LogP contribution in [0.25, 0.3) is 33.1 Å². The first-order valence-electron chi connectivity index (χ1n) is 9.15. The van der Waals surface area contributed by atoms with E-state index in [1.54, 1.807) is 0 Å². The number of halogens is 2. The van der Waals surface area contributed by atoms with Gasteiger partial charge in [0.05, 0.1) is 16.9 Å². The lowest BCUT2D eigenvalue weighted by atomic mass is 9.74. The largest absolute Gasteiger partial charge is 0.353 e. The van der Waals surface area contributed by atoms with Crippen LogP contribution in [-0.2, 0) is 6.42 Å². The Hall–Kier alpha value is -2.36. The summed E-state index contributed by atoms with van der Waals surface area (Å²) < 4.78 is 0. The summed E-state index contributed by atoms with van der Waals surface area (Å²) >= 11 is 6.08. The van der Waals surface area contributed by atoms with Gasteiger partial charge in [-0.2, -0.15) is 0 Å². The van der Waals surface area contributed by atoms with Crippen molar-refractivity contribution in [1.29, 1.82) is 0 Å². The average molecular weight is 411 g/mol. The number of aromatic amines is 1. The lowest BCUT2D eigenvalue weighted by Crippen LogP contribution is -2.28. The number of nitrogens with zero attached hydrogens (tertiary/aromatic N) is 1. The summed E-state index contributed by atoms with van der Waals surface area (Å²) in [5.41, 5.74) is 5.43. The van der Waals surface area contributed by atoms with Crippen molar-refractivity contribution in [3.05, 3.63) is 64.8 Å². The molecule has 0 unspecified atom stereocenters. The number of hydrogen-bond donors (Lipinski definition) is 1. The van der Waals surface area contributed by atoms with Crippen molar-refractivity contribution in [3.63, 3.8) is 0 Å². The third-order valence-corrected chi connectivity index (χ3v) is 5.66. The maximum Gasteiger partial charge on any atom is 0.165 e. The van der Waals surface area contributed by atoms with Crippen LogP contribution < -0.4 is 0 Å². The fraction of sp³-hybridized carbons (Fsp3) is 0.217. The molecule has 4 aromatic rings. The molecule has 3 nitrogen and oxygen atoms in total. The van der Waals surface area contributed by atoms with E-state index < -0.39 is 0 Å². The molecule has 0 spiro atoms. The van der Waals surface area contributed by atoms with Gasteiger partial charge in [-0.15, -0.1) is 12.4 Å². The monoisotopic (exact) mass is 410 g/mol. The van der Waals surface area contributed by atoms with Crippen molar-refractivity contribution in [3.8, 4) is 11.3 Å². The predicted molar refractivity (Wildman–Crippen MR) is 118 cm³/mol. The molecule has 0 saturated carbocycles. The van der Waals surface area contributed by atoms with Gasteiger partial charge in [-0.25, -0.2) is 4.98 Å². The molecule has 1 aliphatic rings. The molecule has 1 aliphatic carbocycles. The molecule has 0 bridgehead atoms. The van der Waals surface area contributed by atoms with Crippen LogP contribution in [0.15, 0.2) is 48.5 Å². The molecule has 5 rings (SSSR count). The van der Waals surface area contributed by atoms with Crippen LogP contribution in [-0.4, -0.2) is 15.8 Å². The predicted octanol–water partition coefficient (Wildman–Crippen LogP) is 6.61. The maximum absolute atomic E-state index is 13.1. The topological polar surface area (TPSA) is 45.8 Å². The van der Waals surface area contributed by atoms with Gasteiger partial charge >= 0.3 is 0 Å². The summed E-state index contributed by atoms with van der Waals surface area (Å²) in [6, 6.07) is 15.9. The first kappa shape index (κ1) is 19.0. The Balaban J connectivity index is 0.00000192. The second-order valence-corrected chi connectivity index (χ2v) is 8.59. The van der Waals surface area contributed by atoms with Gasteiger partial charge < -0.3 is 4.98 Å². The van der Waals surface area contributed by atoms with E-state index in [2.05, 4.69) is 24.9 Å². The van der Waals surface area contributed by atoms with E-state index >= 15 is 0 Å². The first-order chi connectivity index (χ1) is 12.9. The van der Waals surface area contributed by atoms with Crippen molar-refractivity contribution in [2.45, 2.75) is 26.7 Å². The quantitative estimate of drug-likeness (QED) is 0.383. The van der Waals surface area contributed by atoms with Crippen molar-refractivity contribution >= 4 is 51.6 Å². The lowest BCUT2D eigenvalue weighted by molar-refractivity contribution is 0.0912. The number of aromatic nitrogens is 2. The molecule has 0 amide bonds. The number of H-pyrrole nitrogens is 1. The highest BCUT2D eigenvalue weighted by Gasteiger charge is 2.35. The fourth-order valence-electron chi connectivity index (χ4n) is 4.25. The van der Waals surface area contributed by atoms with Gasteiger partial charge in [0.15, 0.2) is 5.78 Å². The minimum Gasteiger partial charge on any atom is -0.353 e. The van der Waals surface area contributed by atoms with E-state index in [4.69, 9.17) is 16.6 Å². The van der Waals surface area contributed by atoms with Gasteiger partial charge in [-0.05, 0) is 30.0 Å². The molecular formula is C23H20Cl2N2O. The average Bonchev–Trinajstić information content (AvgIpc) is 3.00.